The molecule has 0 aromatic rings. The molecule has 0 radical (unpaired) electrons. The predicted octanol–water partition coefficient (Wildman–Crippen LogP) is 0.983. The van der Waals surface area contributed by atoms with Crippen molar-refractivity contribution in [3.05, 3.63) is 0 Å². The van der Waals surface area contributed by atoms with E-state index in [2.05, 4.69) is 0 Å². The second kappa shape index (κ2) is 7.29. The first kappa shape index (κ1) is 15.9. The van der Waals surface area contributed by atoms with Crippen molar-refractivity contribution in [2.24, 2.45) is 5.92 Å². The number of rotatable bonds is 6. The summed E-state index contributed by atoms with van der Waals surface area (Å²) in [6, 6.07) is -1.27. The summed E-state index contributed by atoms with van der Waals surface area (Å²) in [7, 11) is 0. The Hall–Kier alpha value is -1.08. The molecule has 1 atom stereocenters. The highest BCUT2D eigenvalue weighted by molar-refractivity contribution is 8.14. The lowest BCUT2D eigenvalue weighted by molar-refractivity contribution is -0.185. The molecule has 0 heterocycles. The molecule has 1 amide bonds. The summed E-state index contributed by atoms with van der Waals surface area (Å²) in [6.45, 7) is 4.87. The van der Waals surface area contributed by atoms with E-state index >= 15 is 0 Å². The van der Waals surface area contributed by atoms with Crippen LogP contribution in [0, 0.1) is 5.92 Å². The van der Waals surface area contributed by atoms with Crippen LogP contribution in [0.15, 0.2) is 0 Å². The lowest BCUT2D eigenvalue weighted by Gasteiger charge is -2.23. The van der Waals surface area contributed by atoms with Gasteiger partial charge >= 0.3 is 5.97 Å². The van der Waals surface area contributed by atoms with Crippen molar-refractivity contribution in [2.75, 3.05) is 5.75 Å². The molecule has 0 aromatic carbocycles. The highest BCUT2D eigenvalue weighted by atomic mass is 32.2. The minimum Gasteiger partial charge on any atom is -0.480 e. The molecule has 0 fully saturated rings. The predicted molar refractivity (Wildman–Crippen MR) is 62.7 cm³/mol. The Bertz CT molecular complexity index is 305. The molecule has 0 aromatic heterocycles. The fourth-order valence-electron chi connectivity index (χ4n) is 1.16. The van der Waals surface area contributed by atoms with Crippen LogP contribution in [0.5, 0.6) is 0 Å². The summed E-state index contributed by atoms with van der Waals surface area (Å²) in [5.74, 6) is -2.27. The van der Waals surface area contributed by atoms with Crippen LogP contribution in [0.25, 0.3) is 0 Å². The van der Waals surface area contributed by atoms with Gasteiger partial charge in [0.1, 0.15) is 0 Å². The summed E-state index contributed by atoms with van der Waals surface area (Å²) in [5, 5.41) is 18.3. The average molecular weight is 263 g/mol. The second-order valence-corrected chi connectivity index (χ2v) is 5.15. The van der Waals surface area contributed by atoms with E-state index in [0.717, 1.165) is 11.8 Å². The largest absolute Gasteiger partial charge is 0.480 e. The number of aliphatic carboxylic acids is 1. The van der Waals surface area contributed by atoms with E-state index in [1.165, 1.54) is 6.92 Å². The van der Waals surface area contributed by atoms with Crippen molar-refractivity contribution >= 4 is 28.8 Å². The number of thioether (sulfide) groups is 1. The minimum atomic E-state index is -1.27. The standard InChI is InChI=1S/C10H17NO5S/c1-6(2)4-8(10(14)15)11(16)9(13)5-17-7(3)12/h6,8,16H,4-5H2,1-3H3,(H,14,15)/t8-/m0/s1. The van der Waals surface area contributed by atoms with Crippen molar-refractivity contribution in [3.8, 4) is 0 Å². The van der Waals surface area contributed by atoms with Gasteiger partial charge in [0.2, 0.25) is 0 Å². The van der Waals surface area contributed by atoms with Gasteiger partial charge in [-0.15, -0.1) is 0 Å². The van der Waals surface area contributed by atoms with Crippen molar-refractivity contribution in [1.29, 1.82) is 0 Å². The van der Waals surface area contributed by atoms with Crippen LogP contribution in [0.3, 0.4) is 0 Å². The van der Waals surface area contributed by atoms with Gasteiger partial charge in [0.05, 0.1) is 5.75 Å². The third-order valence-electron chi connectivity index (χ3n) is 1.93. The summed E-state index contributed by atoms with van der Waals surface area (Å²) in [5.41, 5.74) is 0. The van der Waals surface area contributed by atoms with E-state index in [-0.39, 0.29) is 28.3 Å². The molecule has 0 rings (SSSR count). The zero-order chi connectivity index (χ0) is 13.6. The summed E-state index contributed by atoms with van der Waals surface area (Å²) in [6.07, 6.45) is 0.155. The number of amides is 1. The number of carboxylic acids is 1. The van der Waals surface area contributed by atoms with Gasteiger partial charge in [-0.05, 0) is 12.3 Å². The Balaban J connectivity index is 4.49. The molecule has 0 aliphatic heterocycles. The van der Waals surface area contributed by atoms with Crippen LogP contribution in [0.4, 0.5) is 0 Å². The summed E-state index contributed by atoms with van der Waals surface area (Å²) in [4.78, 5) is 33.0. The molecule has 7 heteroatoms. The highest BCUT2D eigenvalue weighted by Gasteiger charge is 2.29. The van der Waals surface area contributed by atoms with Gasteiger partial charge in [0, 0.05) is 6.92 Å². The number of hydrogen-bond donors (Lipinski definition) is 2. The first-order valence-corrected chi connectivity index (χ1v) is 6.11. The normalized spacial score (nSPS) is 12.3. The van der Waals surface area contributed by atoms with Gasteiger partial charge in [0.15, 0.2) is 11.2 Å². The molecular formula is C10H17NO5S. The molecule has 0 spiro atoms. The van der Waals surface area contributed by atoms with Gasteiger partial charge < -0.3 is 5.11 Å². The van der Waals surface area contributed by atoms with Gasteiger partial charge in [-0.25, -0.2) is 9.86 Å². The van der Waals surface area contributed by atoms with E-state index in [9.17, 15) is 19.6 Å². The average Bonchev–Trinajstić information content (AvgIpc) is 2.20. The van der Waals surface area contributed by atoms with Crippen molar-refractivity contribution in [1.82, 2.24) is 5.06 Å². The van der Waals surface area contributed by atoms with Crippen molar-refractivity contribution in [2.45, 2.75) is 33.2 Å². The molecule has 6 nitrogen and oxygen atoms in total. The molecule has 0 saturated heterocycles. The molecule has 98 valence electrons. The molecular weight excluding hydrogens is 246 g/mol. The second-order valence-electron chi connectivity index (χ2n) is 4.00. The smallest absolute Gasteiger partial charge is 0.329 e. The van der Waals surface area contributed by atoms with E-state index in [0.29, 0.717) is 0 Å². The Morgan fingerprint density at radius 2 is 1.82 bits per heavy atom. The SMILES string of the molecule is CC(=O)SCC(=O)N(O)[C@@H](CC(C)C)C(=O)O. The number of nitrogens with zero attached hydrogens (tertiary/aromatic N) is 1. The fourth-order valence-corrected chi connectivity index (χ4v) is 1.61. The number of hydroxylamine groups is 2. The summed E-state index contributed by atoms with van der Waals surface area (Å²) < 4.78 is 0. The zero-order valence-electron chi connectivity index (χ0n) is 10.0. The first-order valence-electron chi connectivity index (χ1n) is 5.12. The maximum absolute atomic E-state index is 11.4. The molecule has 2 N–H and O–H groups in total. The lowest BCUT2D eigenvalue weighted by Crippen LogP contribution is -2.44. The van der Waals surface area contributed by atoms with Crippen LogP contribution in [-0.4, -0.2) is 44.2 Å². The highest BCUT2D eigenvalue weighted by Crippen LogP contribution is 2.12. The Morgan fingerprint density at radius 1 is 1.29 bits per heavy atom. The van der Waals surface area contributed by atoms with Crippen molar-refractivity contribution in [3.63, 3.8) is 0 Å². The van der Waals surface area contributed by atoms with E-state index in [4.69, 9.17) is 5.11 Å². The Morgan fingerprint density at radius 3 is 2.18 bits per heavy atom. The number of carboxylic acid groups (broad SMARTS) is 1. The first-order chi connectivity index (χ1) is 7.75. The van der Waals surface area contributed by atoms with Crippen molar-refractivity contribution < 1.29 is 24.7 Å². The van der Waals surface area contributed by atoms with Crippen LogP contribution in [0.1, 0.15) is 27.2 Å². The molecule has 0 aliphatic rings. The lowest BCUT2D eigenvalue weighted by atomic mass is 10.0. The van der Waals surface area contributed by atoms with Crippen LogP contribution >= 0.6 is 11.8 Å². The zero-order valence-corrected chi connectivity index (χ0v) is 10.9. The number of carbonyl (C=O) groups is 3. The molecule has 0 saturated carbocycles. The quantitative estimate of drug-likeness (QED) is 0.548. The third-order valence-corrected chi connectivity index (χ3v) is 2.73. The Kier molecular flexibility index (Phi) is 6.82. The van der Waals surface area contributed by atoms with Gasteiger partial charge in [-0.1, -0.05) is 25.6 Å². The van der Waals surface area contributed by atoms with Crippen LogP contribution in [0.2, 0.25) is 0 Å². The molecule has 0 aliphatic carbocycles. The maximum atomic E-state index is 11.4. The number of carbonyl (C=O) groups excluding carboxylic acids is 2. The topological polar surface area (TPSA) is 94.9 Å². The third kappa shape index (κ3) is 6.28. The van der Waals surface area contributed by atoms with Gasteiger partial charge in [-0.2, -0.15) is 0 Å². The summed E-state index contributed by atoms with van der Waals surface area (Å²) >= 11 is 0.733. The van der Waals surface area contributed by atoms with E-state index in [1.54, 1.807) is 13.8 Å². The van der Waals surface area contributed by atoms with E-state index < -0.39 is 17.9 Å². The molecule has 17 heavy (non-hydrogen) atoms. The molecule has 0 unspecified atom stereocenters. The van der Waals surface area contributed by atoms with Crippen LogP contribution < -0.4 is 0 Å². The monoisotopic (exact) mass is 263 g/mol. The fraction of sp³-hybridized carbons (Fsp3) is 0.700. The van der Waals surface area contributed by atoms with Crippen LogP contribution in [-0.2, 0) is 14.4 Å². The maximum Gasteiger partial charge on any atom is 0.329 e. The Labute approximate surface area is 104 Å². The van der Waals surface area contributed by atoms with Gasteiger partial charge in [-0.3, -0.25) is 14.8 Å². The van der Waals surface area contributed by atoms with E-state index in [1.807, 2.05) is 0 Å². The van der Waals surface area contributed by atoms with Gasteiger partial charge in [0.25, 0.3) is 5.91 Å². The number of hydrogen-bond acceptors (Lipinski definition) is 5. The molecule has 0 bridgehead atoms. The minimum absolute atomic E-state index is 0.0269.